The summed E-state index contributed by atoms with van der Waals surface area (Å²) in [5.41, 5.74) is 0.240. The molecule has 92 valence electrons. The van der Waals surface area contributed by atoms with Crippen molar-refractivity contribution in [3.63, 3.8) is 0 Å². The molecule has 0 aliphatic carbocycles. The summed E-state index contributed by atoms with van der Waals surface area (Å²) in [5.74, 6) is 0.340. The molecule has 2 rings (SSSR count). The molecular formula is C10H13N3O3S. The van der Waals surface area contributed by atoms with E-state index in [9.17, 15) is 13.2 Å². The van der Waals surface area contributed by atoms with Crippen molar-refractivity contribution in [2.24, 2.45) is 11.1 Å². The highest BCUT2D eigenvalue weighted by Gasteiger charge is 2.28. The van der Waals surface area contributed by atoms with Gasteiger partial charge in [0.2, 0.25) is 10.0 Å². The van der Waals surface area contributed by atoms with Crippen LogP contribution in [0, 0.1) is 5.92 Å². The van der Waals surface area contributed by atoms with Crippen LogP contribution in [-0.4, -0.2) is 37.3 Å². The van der Waals surface area contributed by atoms with Crippen molar-refractivity contribution in [1.29, 1.82) is 0 Å². The van der Waals surface area contributed by atoms with Gasteiger partial charge in [0.15, 0.2) is 0 Å². The molecule has 1 aliphatic rings. The normalized spacial score (nSPS) is 16.7. The van der Waals surface area contributed by atoms with E-state index >= 15 is 0 Å². The Balaban J connectivity index is 2.16. The van der Waals surface area contributed by atoms with Crippen LogP contribution in [0.1, 0.15) is 17.4 Å². The number of rotatable bonds is 2. The number of hydrogen-bond acceptors (Lipinski definition) is 4. The van der Waals surface area contributed by atoms with E-state index in [2.05, 4.69) is 11.9 Å². The molecule has 1 amide bonds. The molecule has 0 aromatic carbocycles. The molecule has 1 fully saturated rings. The van der Waals surface area contributed by atoms with Crippen molar-refractivity contribution in [1.82, 2.24) is 9.88 Å². The van der Waals surface area contributed by atoms with Gasteiger partial charge in [-0.2, -0.15) is 0 Å². The first kappa shape index (κ1) is 12.0. The molecule has 2 heterocycles. The Morgan fingerprint density at radius 2 is 2.12 bits per heavy atom. The summed E-state index contributed by atoms with van der Waals surface area (Å²) in [6, 6.07) is 2.67. The highest BCUT2D eigenvalue weighted by Crippen LogP contribution is 2.17. The van der Waals surface area contributed by atoms with Gasteiger partial charge in [-0.1, -0.05) is 6.92 Å². The molecule has 7 heteroatoms. The van der Waals surface area contributed by atoms with Gasteiger partial charge in [0.25, 0.3) is 5.91 Å². The monoisotopic (exact) mass is 255 g/mol. The Bertz CT molecular complexity index is 532. The van der Waals surface area contributed by atoms with Gasteiger partial charge in [0, 0.05) is 19.3 Å². The van der Waals surface area contributed by atoms with Crippen LogP contribution in [0.5, 0.6) is 0 Å². The van der Waals surface area contributed by atoms with Crippen LogP contribution >= 0.6 is 0 Å². The van der Waals surface area contributed by atoms with E-state index in [-0.39, 0.29) is 16.5 Å². The first-order valence-electron chi connectivity index (χ1n) is 5.16. The fraction of sp³-hybridized carbons (Fsp3) is 0.400. The second kappa shape index (κ2) is 4.08. The quantitative estimate of drug-likeness (QED) is 0.793. The summed E-state index contributed by atoms with van der Waals surface area (Å²) in [6.45, 7) is 3.50. The smallest absolute Gasteiger partial charge is 0.272 e. The predicted octanol–water partition coefficient (Wildman–Crippen LogP) is -0.179. The van der Waals surface area contributed by atoms with E-state index in [1.165, 1.54) is 12.1 Å². The number of likely N-dealkylation sites (tertiary alicyclic amines) is 1. The molecule has 0 saturated carbocycles. The van der Waals surface area contributed by atoms with Crippen LogP contribution in [0.2, 0.25) is 0 Å². The Labute approximate surface area is 99.5 Å². The number of aromatic nitrogens is 1. The molecule has 6 nitrogen and oxygen atoms in total. The Hall–Kier alpha value is -1.47. The van der Waals surface area contributed by atoms with E-state index in [1.54, 1.807) is 4.90 Å². The van der Waals surface area contributed by atoms with Crippen LogP contribution < -0.4 is 5.14 Å². The summed E-state index contributed by atoms with van der Waals surface area (Å²) in [5, 5.41) is 4.94. The molecule has 0 bridgehead atoms. The van der Waals surface area contributed by atoms with Crippen LogP contribution in [0.4, 0.5) is 0 Å². The molecule has 0 atom stereocenters. The van der Waals surface area contributed by atoms with Gasteiger partial charge in [-0.3, -0.25) is 4.79 Å². The topological polar surface area (TPSA) is 93.4 Å². The number of sulfonamides is 1. The predicted molar refractivity (Wildman–Crippen MR) is 60.7 cm³/mol. The SMILES string of the molecule is CC1CN(C(=O)c2ccc(S(N)(=O)=O)cn2)C1. The molecule has 0 spiro atoms. The lowest BCUT2D eigenvalue weighted by Gasteiger charge is -2.36. The minimum Gasteiger partial charge on any atom is -0.337 e. The lowest BCUT2D eigenvalue weighted by molar-refractivity contribution is 0.0524. The Morgan fingerprint density at radius 1 is 1.47 bits per heavy atom. The van der Waals surface area contributed by atoms with E-state index in [0.717, 1.165) is 19.3 Å². The number of carbonyl (C=O) groups excluding carboxylic acids is 1. The minimum absolute atomic E-state index is 0.0916. The second-order valence-electron chi connectivity index (χ2n) is 4.24. The van der Waals surface area contributed by atoms with E-state index in [0.29, 0.717) is 5.92 Å². The number of amides is 1. The third-order valence-electron chi connectivity index (χ3n) is 2.64. The number of nitrogens with zero attached hydrogens (tertiary/aromatic N) is 2. The number of hydrogen-bond donors (Lipinski definition) is 1. The number of pyridine rings is 1. The maximum atomic E-state index is 11.8. The molecule has 17 heavy (non-hydrogen) atoms. The van der Waals surface area contributed by atoms with Crippen molar-refractivity contribution in [3.05, 3.63) is 24.0 Å². The van der Waals surface area contributed by atoms with Gasteiger partial charge in [-0.05, 0) is 18.1 Å². The maximum absolute atomic E-state index is 11.8. The standard InChI is InChI=1S/C10H13N3O3S/c1-7-5-13(6-7)10(14)9-3-2-8(4-12-9)17(11,15)16/h2-4,7H,5-6H2,1H3,(H2,11,15,16). The highest BCUT2D eigenvalue weighted by molar-refractivity contribution is 7.89. The fourth-order valence-electron chi connectivity index (χ4n) is 1.70. The van der Waals surface area contributed by atoms with Crippen LogP contribution in [0.25, 0.3) is 0 Å². The summed E-state index contributed by atoms with van der Waals surface area (Å²) < 4.78 is 22.0. The zero-order chi connectivity index (χ0) is 12.6. The van der Waals surface area contributed by atoms with Gasteiger partial charge >= 0.3 is 0 Å². The van der Waals surface area contributed by atoms with Crippen molar-refractivity contribution in [2.45, 2.75) is 11.8 Å². The fourth-order valence-corrected chi connectivity index (χ4v) is 2.16. The molecular weight excluding hydrogens is 242 g/mol. The summed E-state index contributed by atoms with van der Waals surface area (Å²) in [4.78, 5) is 17.2. The van der Waals surface area contributed by atoms with Gasteiger partial charge in [-0.15, -0.1) is 0 Å². The first-order chi connectivity index (χ1) is 7.88. The molecule has 1 aliphatic heterocycles. The van der Waals surface area contributed by atoms with Crippen LogP contribution in [0.3, 0.4) is 0 Å². The van der Waals surface area contributed by atoms with Crippen molar-refractivity contribution in [3.8, 4) is 0 Å². The highest BCUT2D eigenvalue weighted by atomic mass is 32.2. The Kier molecular flexibility index (Phi) is 2.88. The first-order valence-corrected chi connectivity index (χ1v) is 6.70. The zero-order valence-corrected chi connectivity index (χ0v) is 10.1. The molecule has 1 aromatic heterocycles. The van der Waals surface area contributed by atoms with Crippen molar-refractivity contribution >= 4 is 15.9 Å². The molecule has 1 aromatic rings. The van der Waals surface area contributed by atoms with E-state index in [1.807, 2.05) is 0 Å². The number of carbonyl (C=O) groups is 1. The Morgan fingerprint density at radius 3 is 2.53 bits per heavy atom. The molecule has 0 unspecified atom stereocenters. The third kappa shape index (κ3) is 2.45. The van der Waals surface area contributed by atoms with Gasteiger partial charge in [0.05, 0.1) is 0 Å². The molecule has 1 saturated heterocycles. The van der Waals surface area contributed by atoms with E-state index in [4.69, 9.17) is 5.14 Å². The summed E-state index contributed by atoms with van der Waals surface area (Å²) >= 11 is 0. The third-order valence-corrected chi connectivity index (χ3v) is 3.53. The lowest BCUT2D eigenvalue weighted by Crippen LogP contribution is -2.48. The summed E-state index contributed by atoms with van der Waals surface area (Å²) in [6.07, 6.45) is 1.10. The largest absolute Gasteiger partial charge is 0.337 e. The average Bonchev–Trinajstić information content (AvgIpc) is 2.23. The maximum Gasteiger partial charge on any atom is 0.272 e. The molecule has 2 N–H and O–H groups in total. The van der Waals surface area contributed by atoms with Crippen LogP contribution in [0.15, 0.2) is 23.2 Å². The van der Waals surface area contributed by atoms with Crippen molar-refractivity contribution < 1.29 is 13.2 Å². The minimum atomic E-state index is -3.75. The zero-order valence-electron chi connectivity index (χ0n) is 9.33. The van der Waals surface area contributed by atoms with Gasteiger partial charge in [-0.25, -0.2) is 18.5 Å². The van der Waals surface area contributed by atoms with Crippen LogP contribution in [-0.2, 0) is 10.0 Å². The molecule has 0 radical (unpaired) electrons. The lowest BCUT2D eigenvalue weighted by atomic mass is 10.0. The van der Waals surface area contributed by atoms with Gasteiger partial charge in [0.1, 0.15) is 10.6 Å². The van der Waals surface area contributed by atoms with Gasteiger partial charge < -0.3 is 4.90 Å². The summed E-state index contributed by atoms with van der Waals surface area (Å²) in [7, 11) is -3.75. The number of nitrogens with two attached hydrogens (primary N) is 1. The second-order valence-corrected chi connectivity index (χ2v) is 5.80. The average molecular weight is 255 g/mol. The van der Waals surface area contributed by atoms with Crippen molar-refractivity contribution in [2.75, 3.05) is 13.1 Å². The number of primary sulfonamides is 1. The van der Waals surface area contributed by atoms with E-state index < -0.39 is 10.0 Å².